The number of benzene rings is 2. The van der Waals surface area contributed by atoms with Crippen molar-refractivity contribution >= 4 is 23.3 Å². The standard InChI is InChI=1S/C30H32N6O2/c1-30(2,3)38-29(37)33-24-11-7-10-23(18-24)32-28-25-20-36(19-21-8-5-4-6-9-21)17-14-26(25)34-27(35-28)22-12-15-31-16-13-22/h4-13,15-16,18H,14,17,19-20H2,1-3H3,(H,33,37)(H,32,34,35). The van der Waals surface area contributed by atoms with Crippen LogP contribution in [-0.2, 0) is 24.2 Å². The number of anilines is 3. The van der Waals surface area contributed by atoms with Crippen LogP contribution in [0.1, 0.15) is 37.6 Å². The molecule has 2 aromatic heterocycles. The van der Waals surface area contributed by atoms with Crippen LogP contribution in [0.25, 0.3) is 11.4 Å². The highest BCUT2D eigenvalue weighted by molar-refractivity contribution is 5.86. The third-order valence-electron chi connectivity index (χ3n) is 6.10. The predicted octanol–water partition coefficient (Wildman–Crippen LogP) is 6.19. The lowest BCUT2D eigenvalue weighted by atomic mass is 10.0. The van der Waals surface area contributed by atoms with Gasteiger partial charge in [-0.15, -0.1) is 0 Å². The normalized spacial score (nSPS) is 13.4. The molecule has 3 heterocycles. The minimum atomic E-state index is -0.574. The van der Waals surface area contributed by atoms with Crippen molar-refractivity contribution in [1.82, 2.24) is 19.9 Å². The summed E-state index contributed by atoms with van der Waals surface area (Å²) < 4.78 is 5.40. The molecule has 8 nitrogen and oxygen atoms in total. The molecule has 2 aromatic carbocycles. The molecule has 0 spiro atoms. The highest BCUT2D eigenvalue weighted by Crippen LogP contribution is 2.30. The fourth-order valence-corrected chi connectivity index (χ4v) is 4.41. The van der Waals surface area contributed by atoms with Crippen LogP contribution in [0, 0.1) is 0 Å². The number of carbonyl (C=O) groups is 1. The number of ether oxygens (including phenoxy) is 1. The van der Waals surface area contributed by atoms with E-state index in [9.17, 15) is 4.79 Å². The number of fused-ring (bicyclic) bond motifs is 1. The first-order valence-corrected chi connectivity index (χ1v) is 12.8. The zero-order valence-electron chi connectivity index (χ0n) is 21.9. The fourth-order valence-electron chi connectivity index (χ4n) is 4.41. The van der Waals surface area contributed by atoms with E-state index < -0.39 is 11.7 Å². The Labute approximate surface area is 223 Å². The average Bonchev–Trinajstić information content (AvgIpc) is 2.89. The number of rotatable bonds is 6. The summed E-state index contributed by atoms with van der Waals surface area (Å²) >= 11 is 0. The molecule has 5 rings (SSSR count). The van der Waals surface area contributed by atoms with Crippen LogP contribution in [-0.4, -0.2) is 38.1 Å². The Balaban J connectivity index is 1.43. The van der Waals surface area contributed by atoms with Gasteiger partial charge in [0.2, 0.25) is 0 Å². The maximum atomic E-state index is 12.3. The molecule has 1 amide bonds. The first-order chi connectivity index (χ1) is 18.3. The van der Waals surface area contributed by atoms with Gasteiger partial charge in [-0.25, -0.2) is 14.8 Å². The van der Waals surface area contributed by atoms with Crippen molar-refractivity contribution in [3.05, 3.63) is 95.9 Å². The molecule has 0 unspecified atom stereocenters. The van der Waals surface area contributed by atoms with Crippen LogP contribution in [0.4, 0.5) is 22.0 Å². The van der Waals surface area contributed by atoms with E-state index in [2.05, 4.69) is 44.8 Å². The van der Waals surface area contributed by atoms with Crippen molar-refractivity contribution in [1.29, 1.82) is 0 Å². The van der Waals surface area contributed by atoms with E-state index in [0.29, 0.717) is 11.5 Å². The SMILES string of the molecule is CC(C)(C)OC(=O)Nc1cccc(Nc2nc(-c3ccncc3)nc3c2CN(Cc2ccccc2)CC3)c1. The van der Waals surface area contributed by atoms with E-state index in [1.54, 1.807) is 12.4 Å². The molecule has 1 aliphatic rings. The average molecular weight is 509 g/mol. The summed E-state index contributed by atoms with van der Waals surface area (Å²) in [5.41, 5.74) is 5.18. The highest BCUT2D eigenvalue weighted by Gasteiger charge is 2.23. The maximum absolute atomic E-state index is 12.3. The number of carbonyl (C=O) groups excluding carboxylic acids is 1. The van der Waals surface area contributed by atoms with E-state index in [1.165, 1.54) is 5.56 Å². The molecule has 1 aliphatic heterocycles. The fraction of sp³-hybridized carbons (Fsp3) is 0.267. The van der Waals surface area contributed by atoms with Crippen LogP contribution in [0.15, 0.2) is 79.1 Å². The van der Waals surface area contributed by atoms with Gasteiger partial charge in [0.25, 0.3) is 0 Å². The zero-order chi connectivity index (χ0) is 26.5. The van der Waals surface area contributed by atoms with Crippen molar-refractivity contribution < 1.29 is 9.53 Å². The second kappa shape index (κ2) is 11.0. The minimum Gasteiger partial charge on any atom is -0.444 e. The van der Waals surface area contributed by atoms with Crippen LogP contribution >= 0.6 is 0 Å². The van der Waals surface area contributed by atoms with Gasteiger partial charge in [0.1, 0.15) is 11.4 Å². The smallest absolute Gasteiger partial charge is 0.412 e. The molecule has 194 valence electrons. The third-order valence-corrected chi connectivity index (χ3v) is 6.10. The Morgan fingerprint density at radius 1 is 0.974 bits per heavy atom. The van der Waals surface area contributed by atoms with Crippen molar-refractivity contribution in [2.24, 2.45) is 0 Å². The zero-order valence-corrected chi connectivity index (χ0v) is 21.9. The Morgan fingerprint density at radius 2 is 1.74 bits per heavy atom. The number of hydrogen-bond acceptors (Lipinski definition) is 7. The molecule has 0 saturated heterocycles. The van der Waals surface area contributed by atoms with Crippen molar-refractivity contribution in [3.8, 4) is 11.4 Å². The van der Waals surface area contributed by atoms with Crippen LogP contribution in [0.5, 0.6) is 0 Å². The molecule has 0 radical (unpaired) electrons. The van der Waals surface area contributed by atoms with Gasteiger partial charge < -0.3 is 10.1 Å². The van der Waals surface area contributed by atoms with Gasteiger partial charge in [-0.05, 0) is 56.7 Å². The molecular formula is C30H32N6O2. The lowest BCUT2D eigenvalue weighted by molar-refractivity contribution is 0.0636. The second-order valence-electron chi connectivity index (χ2n) is 10.3. The Hall–Kier alpha value is -4.30. The first-order valence-electron chi connectivity index (χ1n) is 12.8. The van der Waals surface area contributed by atoms with Gasteiger partial charge in [-0.3, -0.25) is 15.2 Å². The first kappa shape index (κ1) is 25.4. The monoisotopic (exact) mass is 508 g/mol. The van der Waals surface area contributed by atoms with Crippen LogP contribution < -0.4 is 10.6 Å². The van der Waals surface area contributed by atoms with E-state index in [0.717, 1.165) is 54.4 Å². The van der Waals surface area contributed by atoms with Gasteiger partial charge in [-0.2, -0.15) is 0 Å². The molecule has 38 heavy (non-hydrogen) atoms. The summed E-state index contributed by atoms with van der Waals surface area (Å²) in [6, 6.07) is 21.9. The molecule has 4 aromatic rings. The summed E-state index contributed by atoms with van der Waals surface area (Å²) in [7, 11) is 0. The second-order valence-corrected chi connectivity index (χ2v) is 10.3. The lowest BCUT2D eigenvalue weighted by Gasteiger charge is -2.30. The largest absolute Gasteiger partial charge is 0.444 e. The predicted molar refractivity (Wildman–Crippen MR) is 149 cm³/mol. The van der Waals surface area contributed by atoms with Gasteiger partial charge in [0.05, 0.1) is 5.69 Å². The van der Waals surface area contributed by atoms with Crippen molar-refractivity contribution in [2.45, 2.75) is 45.9 Å². The van der Waals surface area contributed by atoms with E-state index in [4.69, 9.17) is 14.7 Å². The minimum absolute atomic E-state index is 0.495. The summed E-state index contributed by atoms with van der Waals surface area (Å²) in [6.07, 6.45) is 3.83. The Morgan fingerprint density at radius 3 is 2.50 bits per heavy atom. The molecule has 0 atom stereocenters. The lowest BCUT2D eigenvalue weighted by Crippen LogP contribution is -2.31. The summed E-state index contributed by atoms with van der Waals surface area (Å²) in [4.78, 5) is 28.7. The number of nitrogens with zero attached hydrogens (tertiary/aromatic N) is 4. The topological polar surface area (TPSA) is 92.3 Å². The van der Waals surface area contributed by atoms with Crippen molar-refractivity contribution in [3.63, 3.8) is 0 Å². The number of nitrogens with one attached hydrogen (secondary N) is 2. The van der Waals surface area contributed by atoms with Gasteiger partial charge in [-0.1, -0.05) is 36.4 Å². The van der Waals surface area contributed by atoms with E-state index in [-0.39, 0.29) is 0 Å². The molecular weight excluding hydrogens is 476 g/mol. The third kappa shape index (κ3) is 6.52. The summed E-state index contributed by atoms with van der Waals surface area (Å²) in [5.74, 6) is 1.42. The van der Waals surface area contributed by atoms with Crippen LogP contribution in [0.2, 0.25) is 0 Å². The van der Waals surface area contributed by atoms with Crippen LogP contribution in [0.3, 0.4) is 0 Å². The molecule has 0 saturated carbocycles. The van der Waals surface area contributed by atoms with Gasteiger partial charge in [0.15, 0.2) is 5.82 Å². The Kier molecular flexibility index (Phi) is 7.33. The number of amides is 1. The molecule has 0 aliphatic carbocycles. The van der Waals surface area contributed by atoms with E-state index in [1.807, 2.05) is 63.2 Å². The molecule has 8 heteroatoms. The molecule has 0 bridgehead atoms. The van der Waals surface area contributed by atoms with Gasteiger partial charge in [0, 0.05) is 61.0 Å². The van der Waals surface area contributed by atoms with Crippen molar-refractivity contribution in [2.75, 3.05) is 17.2 Å². The van der Waals surface area contributed by atoms with Gasteiger partial charge >= 0.3 is 6.09 Å². The summed E-state index contributed by atoms with van der Waals surface area (Å²) in [5, 5.41) is 6.31. The number of hydrogen-bond donors (Lipinski definition) is 2. The number of aromatic nitrogens is 3. The maximum Gasteiger partial charge on any atom is 0.412 e. The number of pyridine rings is 1. The quantitative estimate of drug-likeness (QED) is 0.321. The molecule has 0 fully saturated rings. The Bertz CT molecular complexity index is 1400. The van der Waals surface area contributed by atoms with E-state index >= 15 is 0 Å². The summed E-state index contributed by atoms with van der Waals surface area (Å²) in [6.45, 7) is 8.03. The highest BCUT2D eigenvalue weighted by atomic mass is 16.6. The molecule has 2 N–H and O–H groups in total.